The summed E-state index contributed by atoms with van der Waals surface area (Å²) in [6.45, 7) is 2.16. The van der Waals surface area contributed by atoms with Crippen molar-refractivity contribution < 1.29 is 8.81 Å². The van der Waals surface area contributed by atoms with Gasteiger partial charge in [-0.2, -0.15) is 0 Å². The summed E-state index contributed by atoms with van der Waals surface area (Å²) in [5.74, 6) is 1.88. The van der Waals surface area contributed by atoms with Crippen LogP contribution in [0.3, 0.4) is 0 Å². The van der Waals surface area contributed by atoms with Crippen LogP contribution in [0.2, 0.25) is 0 Å². The standard InChI is InChI=1S/C16H19FN2O/c1-19-8-2-3-13(11-19)16-18-10-15(20-16)9-12-4-6-14(17)7-5-12/h4-7,10,13H,2-3,8-9,11H2,1H3/t13-/m1/s1. The maximum absolute atomic E-state index is 12.9. The van der Waals surface area contributed by atoms with Gasteiger partial charge in [-0.1, -0.05) is 12.1 Å². The first kappa shape index (κ1) is 13.3. The van der Waals surface area contributed by atoms with Gasteiger partial charge in [0.15, 0.2) is 5.89 Å². The van der Waals surface area contributed by atoms with Gasteiger partial charge in [-0.25, -0.2) is 9.37 Å². The van der Waals surface area contributed by atoms with Crippen LogP contribution < -0.4 is 0 Å². The van der Waals surface area contributed by atoms with Crippen molar-refractivity contribution in [1.82, 2.24) is 9.88 Å². The van der Waals surface area contributed by atoms with Crippen molar-refractivity contribution in [3.05, 3.63) is 53.5 Å². The molecular weight excluding hydrogens is 255 g/mol. The van der Waals surface area contributed by atoms with Gasteiger partial charge in [-0.3, -0.25) is 0 Å². The molecule has 106 valence electrons. The average Bonchev–Trinajstić information content (AvgIpc) is 2.90. The van der Waals surface area contributed by atoms with Crippen molar-refractivity contribution in [1.29, 1.82) is 0 Å². The van der Waals surface area contributed by atoms with Crippen LogP contribution in [0, 0.1) is 5.82 Å². The molecule has 2 aromatic rings. The molecular formula is C16H19FN2O. The molecule has 3 rings (SSSR count). The first-order valence-corrected chi connectivity index (χ1v) is 7.08. The third-order valence-electron chi connectivity index (χ3n) is 3.84. The smallest absolute Gasteiger partial charge is 0.198 e. The fourth-order valence-electron chi connectivity index (χ4n) is 2.76. The van der Waals surface area contributed by atoms with E-state index in [9.17, 15) is 4.39 Å². The van der Waals surface area contributed by atoms with Gasteiger partial charge in [-0.15, -0.1) is 0 Å². The largest absolute Gasteiger partial charge is 0.445 e. The number of oxazole rings is 1. The number of benzene rings is 1. The molecule has 4 heteroatoms. The van der Waals surface area contributed by atoms with Gasteiger partial charge in [0, 0.05) is 18.9 Å². The van der Waals surface area contributed by atoms with Gasteiger partial charge in [-0.05, 0) is 44.1 Å². The van der Waals surface area contributed by atoms with Gasteiger partial charge in [0.1, 0.15) is 11.6 Å². The average molecular weight is 274 g/mol. The zero-order chi connectivity index (χ0) is 13.9. The number of hydrogen-bond acceptors (Lipinski definition) is 3. The molecule has 1 aromatic heterocycles. The molecule has 2 heterocycles. The summed E-state index contributed by atoms with van der Waals surface area (Å²) in [5, 5.41) is 0. The SMILES string of the molecule is CN1CCC[C@@H](c2ncc(Cc3ccc(F)cc3)o2)C1. The Kier molecular flexibility index (Phi) is 3.83. The van der Waals surface area contributed by atoms with E-state index in [0.29, 0.717) is 12.3 Å². The molecule has 1 aliphatic rings. The highest BCUT2D eigenvalue weighted by atomic mass is 19.1. The van der Waals surface area contributed by atoms with E-state index >= 15 is 0 Å². The quantitative estimate of drug-likeness (QED) is 0.860. The second-order valence-electron chi connectivity index (χ2n) is 5.57. The van der Waals surface area contributed by atoms with Crippen molar-refractivity contribution in [2.75, 3.05) is 20.1 Å². The second kappa shape index (κ2) is 5.75. The summed E-state index contributed by atoms with van der Waals surface area (Å²) < 4.78 is 18.7. The molecule has 0 amide bonds. The predicted molar refractivity (Wildman–Crippen MR) is 75.2 cm³/mol. The summed E-state index contributed by atoms with van der Waals surface area (Å²) >= 11 is 0. The minimum absolute atomic E-state index is 0.211. The van der Waals surface area contributed by atoms with E-state index in [1.165, 1.54) is 18.6 Å². The summed E-state index contributed by atoms with van der Waals surface area (Å²) in [7, 11) is 2.13. The maximum atomic E-state index is 12.9. The molecule has 1 saturated heterocycles. The molecule has 1 aliphatic heterocycles. The number of piperidine rings is 1. The van der Waals surface area contributed by atoms with Gasteiger partial charge in [0.05, 0.1) is 6.20 Å². The Morgan fingerprint density at radius 1 is 1.35 bits per heavy atom. The van der Waals surface area contributed by atoms with Crippen molar-refractivity contribution >= 4 is 0 Å². The molecule has 0 saturated carbocycles. The van der Waals surface area contributed by atoms with Crippen molar-refractivity contribution in [3.8, 4) is 0 Å². The maximum Gasteiger partial charge on any atom is 0.198 e. The Hall–Kier alpha value is -1.68. The molecule has 3 nitrogen and oxygen atoms in total. The molecule has 1 fully saturated rings. The van der Waals surface area contributed by atoms with Crippen LogP contribution in [-0.4, -0.2) is 30.0 Å². The first-order chi connectivity index (χ1) is 9.70. The molecule has 0 unspecified atom stereocenters. The van der Waals surface area contributed by atoms with Crippen LogP contribution in [0.4, 0.5) is 4.39 Å². The fraction of sp³-hybridized carbons (Fsp3) is 0.438. The predicted octanol–water partition coefficient (Wildman–Crippen LogP) is 3.21. The molecule has 0 N–H and O–H groups in total. The second-order valence-corrected chi connectivity index (χ2v) is 5.57. The van der Waals surface area contributed by atoms with Gasteiger partial charge in [0.25, 0.3) is 0 Å². The van der Waals surface area contributed by atoms with Gasteiger partial charge < -0.3 is 9.32 Å². The van der Waals surface area contributed by atoms with E-state index in [-0.39, 0.29) is 5.82 Å². The van der Waals surface area contributed by atoms with E-state index in [1.807, 2.05) is 0 Å². The van der Waals surface area contributed by atoms with Crippen molar-refractivity contribution in [3.63, 3.8) is 0 Å². The lowest BCUT2D eigenvalue weighted by Crippen LogP contribution is -2.30. The summed E-state index contributed by atoms with van der Waals surface area (Å²) in [6, 6.07) is 6.52. The molecule has 0 radical (unpaired) electrons. The summed E-state index contributed by atoms with van der Waals surface area (Å²) in [5.41, 5.74) is 1.04. The monoisotopic (exact) mass is 274 g/mol. The van der Waals surface area contributed by atoms with E-state index in [0.717, 1.165) is 36.7 Å². The lowest BCUT2D eigenvalue weighted by molar-refractivity contribution is 0.228. The zero-order valence-corrected chi connectivity index (χ0v) is 11.7. The number of aromatic nitrogens is 1. The lowest BCUT2D eigenvalue weighted by atomic mass is 9.99. The molecule has 20 heavy (non-hydrogen) atoms. The zero-order valence-electron chi connectivity index (χ0n) is 11.7. The molecule has 0 aliphatic carbocycles. The summed E-state index contributed by atoms with van der Waals surface area (Å²) in [4.78, 5) is 6.74. The minimum atomic E-state index is -0.211. The van der Waals surface area contributed by atoms with Gasteiger partial charge in [0.2, 0.25) is 0 Å². The van der Waals surface area contributed by atoms with Crippen LogP contribution in [-0.2, 0) is 6.42 Å². The third kappa shape index (κ3) is 3.07. The fourth-order valence-corrected chi connectivity index (χ4v) is 2.76. The Morgan fingerprint density at radius 3 is 2.90 bits per heavy atom. The molecule has 0 bridgehead atoms. The number of likely N-dealkylation sites (N-methyl/N-ethyl adjacent to an activating group) is 1. The van der Waals surface area contributed by atoms with Crippen LogP contribution in [0.15, 0.2) is 34.9 Å². The number of halogens is 1. The number of likely N-dealkylation sites (tertiary alicyclic amines) is 1. The molecule has 1 aromatic carbocycles. The lowest BCUT2D eigenvalue weighted by Gasteiger charge is -2.27. The number of nitrogens with zero attached hydrogens (tertiary/aromatic N) is 2. The minimum Gasteiger partial charge on any atom is -0.445 e. The highest BCUT2D eigenvalue weighted by Gasteiger charge is 2.23. The van der Waals surface area contributed by atoms with Crippen LogP contribution >= 0.6 is 0 Å². The normalized spacial score (nSPS) is 20.2. The summed E-state index contributed by atoms with van der Waals surface area (Å²) in [6.07, 6.45) is 4.79. The highest BCUT2D eigenvalue weighted by molar-refractivity contribution is 5.20. The van der Waals surface area contributed by atoms with Crippen LogP contribution in [0.5, 0.6) is 0 Å². The number of hydrogen-bond donors (Lipinski definition) is 0. The Balaban J connectivity index is 1.68. The van der Waals surface area contributed by atoms with E-state index in [2.05, 4.69) is 16.9 Å². The van der Waals surface area contributed by atoms with E-state index in [1.54, 1.807) is 18.3 Å². The number of rotatable bonds is 3. The van der Waals surface area contributed by atoms with Crippen molar-refractivity contribution in [2.45, 2.75) is 25.2 Å². The van der Waals surface area contributed by atoms with Crippen molar-refractivity contribution in [2.24, 2.45) is 0 Å². The first-order valence-electron chi connectivity index (χ1n) is 7.08. The molecule has 1 atom stereocenters. The topological polar surface area (TPSA) is 29.3 Å². The van der Waals surface area contributed by atoms with Crippen LogP contribution in [0.25, 0.3) is 0 Å². The van der Waals surface area contributed by atoms with Crippen LogP contribution in [0.1, 0.15) is 36.0 Å². The Bertz CT molecular complexity index is 564. The Labute approximate surface area is 118 Å². The van der Waals surface area contributed by atoms with E-state index in [4.69, 9.17) is 4.42 Å². The third-order valence-corrected chi connectivity index (χ3v) is 3.84. The van der Waals surface area contributed by atoms with E-state index < -0.39 is 0 Å². The highest BCUT2D eigenvalue weighted by Crippen LogP contribution is 2.26. The van der Waals surface area contributed by atoms with Gasteiger partial charge >= 0.3 is 0 Å². The molecule has 0 spiro atoms. The Morgan fingerprint density at radius 2 is 2.15 bits per heavy atom.